The van der Waals surface area contributed by atoms with E-state index in [2.05, 4.69) is 26.2 Å². The third-order valence-corrected chi connectivity index (χ3v) is 4.05. The fraction of sp³-hybridized carbons (Fsp3) is 0.462. The first-order valence-corrected chi connectivity index (χ1v) is 7.15. The Bertz CT molecular complexity index is 610. The lowest BCUT2D eigenvalue weighted by Gasteiger charge is -2.23. The van der Waals surface area contributed by atoms with Crippen molar-refractivity contribution in [3.63, 3.8) is 0 Å². The Balaban J connectivity index is 1.97. The number of nitrogens with zero attached hydrogens (tertiary/aromatic N) is 1. The van der Waals surface area contributed by atoms with E-state index in [-0.39, 0.29) is 5.69 Å². The summed E-state index contributed by atoms with van der Waals surface area (Å²) in [6.45, 7) is 1.81. The van der Waals surface area contributed by atoms with Crippen LogP contribution in [0.15, 0.2) is 27.5 Å². The zero-order valence-corrected chi connectivity index (χ0v) is 11.7. The predicted octanol–water partition coefficient (Wildman–Crippen LogP) is 2.23. The van der Waals surface area contributed by atoms with Crippen LogP contribution in [0.5, 0.6) is 0 Å². The molecule has 0 aliphatic carbocycles. The van der Waals surface area contributed by atoms with Gasteiger partial charge in [-0.05, 0) is 37.6 Å². The Kier molecular flexibility index (Phi) is 3.26. The molecule has 0 bridgehead atoms. The maximum absolute atomic E-state index is 12.0. The summed E-state index contributed by atoms with van der Waals surface area (Å²) in [6.07, 6.45) is 3.64. The second kappa shape index (κ2) is 4.90. The molecule has 1 aromatic carbocycles. The van der Waals surface area contributed by atoms with Gasteiger partial charge in [-0.25, -0.2) is 4.79 Å². The van der Waals surface area contributed by atoms with Gasteiger partial charge in [-0.3, -0.25) is 4.57 Å². The molecule has 5 heteroatoms. The van der Waals surface area contributed by atoms with E-state index in [9.17, 15) is 4.79 Å². The Labute approximate surface area is 114 Å². The summed E-state index contributed by atoms with van der Waals surface area (Å²) in [4.78, 5) is 14.9. The number of aromatic amines is 1. The molecule has 1 aromatic heterocycles. The molecule has 0 amide bonds. The average molecular weight is 310 g/mol. The highest BCUT2D eigenvalue weighted by molar-refractivity contribution is 9.10. The first kappa shape index (κ1) is 12.0. The van der Waals surface area contributed by atoms with Gasteiger partial charge in [0.15, 0.2) is 0 Å². The third kappa shape index (κ3) is 2.24. The topological polar surface area (TPSA) is 49.8 Å². The van der Waals surface area contributed by atoms with Crippen LogP contribution in [0.3, 0.4) is 0 Å². The molecule has 2 aromatic rings. The lowest BCUT2D eigenvalue weighted by Crippen LogP contribution is -2.39. The highest BCUT2D eigenvalue weighted by Crippen LogP contribution is 2.18. The average Bonchev–Trinajstić information content (AvgIpc) is 2.67. The van der Waals surface area contributed by atoms with Gasteiger partial charge >= 0.3 is 5.69 Å². The number of imidazole rings is 1. The molecule has 1 atom stereocenters. The summed E-state index contributed by atoms with van der Waals surface area (Å²) in [5, 5.41) is 3.48. The van der Waals surface area contributed by atoms with Crippen LogP contribution in [0, 0.1) is 0 Å². The molecule has 1 unspecified atom stereocenters. The van der Waals surface area contributed by atoms with Gasteiger partial charge in [0.05, 0.1) is 11.0 Å². The van der Waals surface area contributed by atoms with E-state index < -0.39 is 0 Å². The number of hydrogen-bond donors (Lipinski definition) is 2. The highest BCUT2D eigenvalue weighted by atomic mass is 79.9. The van der Waals surface area contributed by atoms with E-state index in [0.717, 1.165) is 35.0 Å². The standard InChI is InChI=1S/C13H16BrN3O/c14-9-4-5-11-12(7-9)17(13(18)16-11)8-10-3-1-2-6-15-10/h4-5,7,10,15H,1-3,6,8H2,(H,16,18). The third-order valence-electron chi connectivity index (χ3n) is 3.55. The van der Waals surface area contributed by atoms with Crippen molar-refractivity contribution in [1.82, 2.24) is 14.9 Å². The maximum atomic E-state index is 12.0. The molecule has 1 aliphatic heterocycles. The number of fused-ring (bicyclic) bond motifs is 1. The van der Waals surface area contributed by atoms with Gasteiger partial charge < -0.3 is 10.3 Å². The van der Waals surface area contributed by atoms with Crippen molar-refractivity contribution in [1.29, 1.82) is 0 Å². The van der Waals surface area contributed by atoms with Crippen LogP contribution >= 0.6 is 15.9 Å². The molecule has 96 valence electrons. The van der Waals surface area contributed by atoms with Crippen molar-refractivity contribution in [2.24, 2.45) is 0 Å². The fourth-order valence-electron chi connectivity index (χ4n) is 2.61. The number of nitrogens with one attached hydrogen (secondary N) is 2. The lowest BCUT2D eigenvalue weighted by molar-refractivity contribution is 0.363. The number of hydrogen-bond acceptors (Lipinski definition) is 2. The molecule has 2 heterocycles. The number of piperidine rings is 1. The molecular weight excluding hydrogens is 294 g/mol. The molecule has 18 heavy (non-hydrogen) atoms. The van der Waals surface area contributed by atoms with Gasteiger partial charge in [-0.1, -0.05) is 22.4 Å². The quantitative estimate of drug-likeness (QED) is 0.894. The van der Waals surface area contributed by atoms with Gasteiger partial charge in [0.25, 0.3) is 0 Å². The second-order valence-electron chi connectivity index (χ2n) is 4.85. The Morgan fingerprint density at radius 3 is 3.06 bits per heavy atom. The van der Waals surface area contributed by atoms with Crippen LogP contribution in [0.4, 0.5) is 0 Å². The monoisotopic (exact) mass is 309 g/mol. The Hall–Kier alpha value is -1.07. The number of H-pyrrole nitrogens is 1. The van der Waals surface area contributed by atoms with Crippen molar-refractivity contribution in [2.75, 3.05) is 6.54 Å². The van der Waals surface area contributed by atoms with Gasteiger partial charge in [0.1, 0.15) is 0 Å². The molecule has 3 rings (SSSR count). The largest absolute Gasteiger partial charge is 0.326 e. The number of halogens is 1. The van der Waals surface area contributed by atoms with Crippen molar-refractivity contribution in [3.05, 3.63) is 33.2 Å². The molecule has 0 saturated carbocycles. The van der Waals surface area contributed by atoms with Gasteiger partial charge in [-0.2, -0.15) is 0 Å². The molecule has 1 saturated heterocycles. The van der Waals surface area contributed by atoms with E-state index in [0.29, 0.717) is 6.04 Å². The minimum Gasteiger partial charge on any atom is -0.312 e. The zero-order chi connectivity index (χ0) is 12.5. The predicted molar refractivity (Wildman–Crippen MR) is 75.9 cm³/mol. The van der Waals surface area contributed by atoms with Crippen LogP contribution in [0.2, 0.25) is 0 Å². The van der Waals surface area contributed by atoms with Crippen molar-refractivity contribution >= 4 is 27.0 Å². The van der Waals surface area contributed by atoms with Crippen LogP contribution in [0.25, 0.3) is 11.0 Å². The summed E-state index contributed by atoms with van der Waals surface area (Å²) in [7, 11) is 0. The zero-order valence-electron chi connectivity index (χ0n) is 10.1. The van der Waals surface area contributed by atoms with Gasteiger partial charge in [0, 0.05) is 17.1 Å². The first-order valence-electron chi connectivity index (χ1n) is 6.35. The van der Waals surface area contributed by atoms with Crippen molar-refractivity contribution in [3.8, 4) is 0 Å². The van der Waals surface area contributed by atoms with Gasteiger partial charge in [-0.15, -0.1) is 0 Å². The highest BCUT2D eigenvalue weighted by Gasteiger charge is 2.16. The summed E-state index contributed by atoms with van der Waals surface area (Å²) in [5.74, 6) is 0. The van der Waals surface area contributed by atoms with Crippen molar-refractivity contribution in [2.45, 2.75) is 31.8 Å². The van der Waals surface area contributed by atoms with Crippen LogP contribution in [-0.4, -0.2) is 22.1 Å². The molecule has 1 aliphatic rings. The van der Waals surface area contributed by atoms with E-state index in [1.54, 1.807) is 0 Å². The van der Waals surface area contributed by atoms with Crippen molar-refractivity contribution < 1.29 is 0 Å². The summed E-state index contributed by atoms with van der Waals surface area (Å²) < 4.78 is 2.84. The molecular formula is C13H16BrN3O. The Morgan fingerprint density at radius 2 is 2.28 bits per heavy atom. The van der Waals surface area contributed by atoms with E-state index in [4.69, 9.17) is 0 Å². The maximum Gasteiger partial charge on any atom is 0.326 e. The molecule has 0 spiro atoms. The minimum absolute atomic E-state index is 0.0181. The molecule has 1 fully saturated rings. The summed E-state index contributed by atoms with van der Waals surface area (Å²) in [5.41, 5.74) is 1.86. The number of aromatic nitrogens is 2. The van der Waals surface area contributed by atoms with Crippen LogP contribution < -0.4 is 11.0 Å². The van der Waals surface area contributed by atoms with E-state index in [1.165, 1.54) is 12.8 Å². The molecule has 4 nitrogen and oxygen atoms in total. The summed E-state index contributed by atoms with van der Waals surface area (Å²) in [6, 6.07) is 6.29. The smallest absolute Gasteiger partial charge is 0.312 e. The number of rotatable bonds is 2. The normalized spacial score (nSPS) is 20.4. The lowest BCUT2D eigenvalue weighted by atomic mass is 10.1. The van der Waals surface area contributed by atoms with E-state index in [1.807, 2.05) is 22.8 Å². The SMILES string of the molecule is O=c1[nH]c2ccc(Br)cc2n1CC1CCCCN1. The molecule has 2 N–H and O–H groups in total. The van der Waals surface area contributed by atoms with Gasteiger partial charge in [0.2, 0.25) is 0 Å². The minimum atomic E-state index is -0.0181. The van der Waals surface area contributed by atoms with Crippen LogP contribution in [-0.2, 0) is 6.54 Å². The summed E-state index contributed by atoms with van der Waals surface area (Å²) >= 11 is 3.46. The fourth-order valence-corrected chi connectivity index (χ4v) is 2.96. The second-order valence-corrected chi connectivity index (χ2v) is 5.76. The van der Waals surface area contributed by atoms with Crippen LogP contribution in [0.1, 0.15) is 19.3 Å². The molecule has 0 radical (unpaired) electrons. The number of benzene rings is 1. The van der Waals surface area contributed by atoms with E-state index >= 15 is 0 Å². The Morgan fingerprint density at radius 1 is 1.39 bits per heavy atom. The first-order chi connectivity index (χ1) is 8.74.